The van der Waals surface area contributed by atoms with E-state index < -0.39 is 0 Å². The molecule has 0 radical (unpaired) electrons. The maximum atomic E-state index is 13.0. The van der Waals surface area contributed by atoms with Gasteiger partial charge in [0.05, 0.1) is 18.4 Å². The number of aromatic nitrogens is 2. The third-order valence-electron chi connectivity index (χ3n) is 5.75. The summed E-state index contributed by atoms with van der Waals surface area (Å²) in [4.78, 5) is 33.4. The lowest BCUT2D eigenvalue weighted by Crippen LogP contribution is -2.24. The lowest BCUT2D eigenvalue weighted by Gasteiger charge is -2.24. The molecule has 0 saturated heterocycles. The van der Waals surface area contributed by atoms with Crippen LogP contribution >= 0.6 is 22.9 Å². The van der Waals surface area contributed by atoms with Crippen molar-refractivity contribution in [3.63, 3.8) is 0 Å². The number of halogens is 1. The molecule has 1 aliphatic carbocycles. The van der Waals surface area contributed by atoms with Crippen LogP contribution in [0.5, 0.6) is 5.75 Å². The molecule has 4 aromatic rings. The van der Waals surface area contributed by atoms with Gasteiger partial charge in [0.2, 0.25) is 0 Å². The molecule has 2 heterocycles. The van der Waals surface area contributed by atoms with E-state index in [1.54, 1.807) is 19.2 Å². The number of carbonyl (C=O) groups is 1. The maximum Gasteiger partial charge on any atom is 0.258 e. The second-order valence-corrected chi connectivity index (χ2v) is 9.05. The van der Waals surface area contributed by atoms with E-state index in [2.05, 4.69) is 9.97 Å². The number of nitrogens with zero attached hydrogens (tertiary/aromatic N) is 1. The first kappa shape index (κ1) is 20.7. The molecule has 160 valence electrons. The first-order valence-corrected chi connectivity index (χ1v) is 11.4. The number of benzene rings is 2. The normalized spacial score (nSPS) is 15.4. The van der Waals surface area contributed by atoms with Gasteiger partial charge < -0.3 is 9.72 Å². The van der Waals surface area contributed by atoms with Crippen molar-refractivity contribution < 1.29 is 9.53 Å². The molecule has 0 fully saturated rings. The summed E-state index contributed by atoms with van der Waals surface area (Å²) in [6, 6.07) is 16.8. The van der Waals surface area contributed by atoms with Gasteiger partial charge in [0, 0.05) is 33.6 Å². The first-order chi connectivity index (χ1) is 15.5. The molecule has 0 amide bonds. The lowest BCUT2D eigenvalue weighted by atomic mass is 9.81. The van der Waals surface area contributed by atoms with Gasteiger partial charge in [0.25, 0.3) is 5.56 Å². The number of H-pyrrole nitrogens is 1. The van der Waals surface area contributed by atoms with Crippen molar-refractivity contribution in [2.24, 2.45) is 0 Å². The molecule has 0 aliphatic heterocycles. The summed E-state index contributed by atoms with van der Waals surface area (Å²) < 4.78 is 5.21. The fourth-order valence-corrected chi connectivity index (χ4v) is 5.11. The van der Waals surface area contributed by atoms with Gasteiger partial charge in [-0.15, -0.1) is 11.3 Å². The highest BCUT2D eigenvalue weighted by Gasteiger charge is 2.28. The Morgan fingerprint density at radius 3 is 2.62 bits per heavy atom. The zero-order valence-electron chi connectivity index (χ0n) is 17.2. The summed E-state index contributed by atoms with van der Waals surface area (Å²) in [5.74, 6) is 0.822. The topological polar surface area (TPSA) is 72.0 Å². The summed E-state index contributed by atoms with van der Waals surface area (Å²) in [5, 5.41) is 3.09. The van der Waals surface area contributed by atoms with E-state index in [4.69, 9.17) is 16.3 Å². The Bertz CT molecular complexity index is 1370. The van der Waals surface area contributed by atoms with Crippen LogP contribution in [0.2, 0.25) is 5.02 Å². The van der Waals surface area contributed by atoms with Crippen molar-refractivity contribution in [1.29, 1.82) is 0 Å². The second-order valence-electron chi connectivity index (χ2n) is 7.75. The Morgan fingerprint density at radius 1 is 1.06 bits per heavy atom. The second kappa shape index (κ2) is 8.37. The minimum Gasteiger partial charge on any atom is -0.497 e. The zero-order chi connectivity index (χ0) is 22.2. The molecular weight excluding hydrogens is 444 g/mol. The Hall–Kier alpha value is -3.22. The third-order valence-corrected chi connectivity index (χ3v) is 6.86. The molecule has 0 spiro atoms. The van der Waals surface area contributed by atoms with Crippen LogP contribution in [-0.4, -0.2) is 22.9 Å². The van der Waals surface area contributed by atoms with Gasteiger partial charge in [0.1, 0.15) is 10.8 Å². The highest BCUT2D eigenvalue weighted by molar-refractivity contribution is 7.13. The number of rotatable bonds is 4. The molecule has 7 heteroatoms. The number of ketones is 1. The lowest BCUT2D eigenvalue weighted by molar-refractivity contribution is 0.0963. The number of aromatic amines is 1. The number of ether oxygens (including phenoxy) is 1. The van der Waals surface area contributed by atoms with Crippen LogP contribution < -0.4 is 10.3 Å². The van der Waals surface area contributed by atoms with Crippen LogP contribution in [0.1, 0.15) is 34.0 Å². The number of hydrogen-bond donors (Lipinski definition) is 1. The maximum absolute atomic E-state index is 13.0. The first-order valence-electron chi connectivity index (χ1n) is 10.2. The highest BCUT2D eigenvalue weighted by Crippen LogP contribution is 2.34. The van der Waals surface area contributed by atoms with Crippen LogP contribution in [0.4, 0.5) is 0 Å². The van der Waals surface area contributed by atoms with Crippen LogP contribution in [0, 0.1) is 0 Å². The van der Waals surface area contributed by atoms with Crippen LogP contribution in [0.3, 0.4) is 0 Å². The fraction of sp³-hybridized carbons (Fsp3) is 0.160. The average Bonchev–Trinajstić information content (AvgIpc) is 3.29. The molecule has 2 aromatic heterocycles. The van der Waals surface area contributed by atoms with E-state index in [1.807, 2.05) is 47.8 Å². The van der Waals surface area contributed by atoms with Gasteiger partial charge in [-0.25, -0.2) is 4.98 Å². The third kappa shape index (κ3) is 3.87. The fourth-order valence-electron chi connectivity index (χ4n) is 4.08. The minimum atomic E-state index is -0.237. The quantitative estimate of drug-likeness (QED) is 0.419. The van der Waals surface area contributed by atoms with Crippen molar-refractivity contribution in [1.82, 2.24) is 9.97 Å². The largest absolute Gasteiger partial charge is 0.497 e. The van der Waals surface area contributed by atoms with Gasteiger partial charge in [-0.05, 0) is 48.2 Å². The minimum absolute atomic E-state index is 0.0242. The van der Waals surface area contributed by atoms with Crippen molar-refractivity contribution >= 4 is 28.7 Å². The van der Waals surface area contributed by atoms with Crippen molar-refractivity contribution in [2.75, 3.05) is 7.11 Å². The summed E-state index contributed by atoms with van der Waals surface area (Å²) >= 11 is 7.46. The van der Waals surface area contributed by atoms with Gasteiger partial charge in [-0.1, -0.05) is 35.9 Å². The monoisotopic (exact) mass is 462 g/mol. The molecule has 1 aliphatic rings. The summed E-state index contributed by atoms with van der Waals surface area (Å²) in [6.45, 7) is 0. The van der Waals surface area contributed by atoms with Crippen molar-refractivity contribution in [3.05, 3.63) is 92.2 Å². The number of pyridine rings is 1. The molecule has 0 unspecified atom stereocenters. The number of Topliss-reactive ketones (excluding diaryl/α,β-unsaturated/α-hetero) is 1. The Balaban J connectivity index is 1.47. The smallest absolute Gasteiger partial charge is 0.258 e. The van der Waals surface area contributed by atoms with Crippen LogP contribution in [-0.2, 0) is 6.42 Å². The zero-order valence-corrected chi connectivity index (χ0v) is 18.8. The number of methoxy groups -OCH3 is 1. The van der Waals surface area contributed by atoms with Gasteiger partial charge in [-0.2, -0.15) is 0 Å². The molecule has 1 atom stereocenters. The SMILES string of the molecule is COc1ccc([C@H]2CC(=O)c3cc(-c4nc(-c5cccc(Cl)c5)cs4)c(=O)[nH]c3C2)cc1. The van der Waals surface area contributed by atoms with E-state index in [9.17, 15) is 9.59 Å². The molecule has 1 N–H and O–H groups in total. The number of fused-ring (bicyclic) bond motifs is 1. The molecule has 0 saturated carbocycles. The van der Waals surface area contributed by atoms with Crippen LogP contribution in [0.15, 0.2) is 64.8 Å². The molecule has 0 bridgehead atoms. The van der Waals surface area contributed by atoms with Crippen molar-refractivity contribution in [2.45, 2.75) is 18.8 Å². The molecule has 2 aromatic carbocycles. The Morgan fingerprint density at radius 2 is 1.88 bits per heavy atom. The summed E-state index contributed by atoms with van der Waals surface area (Å²) in [7, 11) is 1.62. The van der Waals surface area contributed by atoms with Gasteiger partial charge in [0.15, 0.2) is 5.78 Å². The van der Waals surface area contributed by atoms with E-state index in [1.165, 1.54) is 11.3 Å². The van der Waals surface area contributed by atoms with Crippen molar-refractivity contribution in [3.8, 4) is 27.6 Å². The van der Waals surface area contributed by atoms with E-state index in [0.29, 0.717) is 39.7 Å². The Labute approximate surface area is 193 Å². The highest BCUT2D eigenvalue weighted by atomic mass is 35.5. The molecular formula is C25H19ClN2O3S. The number of thiazole rings is 1. The average molecular weight is 463 g/mol. The molecule has 32 heavy (non-hydrogen) atoms. The van der Waals surface area contributed by atoms with E-state index >= 15 is 0 Å². The molecule has 5 nitrogen and oxygen atoms in total. The summed E-state index contributed by atoms with van der Waals surface area (Å²) in [6.07, 6.45) is 1.00. The molecule has 5 rings (SSSR count). The van der Waals surface area contributed by atoms with Gasteiger partial charge >= 0.3 is 0 Å². The number of carbonyl (C=O) groups excluding carboxylic acids is 1. The standard InChI is InChI=1S/C25H19ClN2O3S/c1-31-18-7-5-14(6-8-18)16-10-21-19(23(29)11-16)12-20(24(30)27-21)25-28-22(13-32-25)15-3-2-4-17(26)9-15/h2-9,12-13,16H,10-11H2,1H3,(H,27,30)/t16-/m1/s1. The predicted octanol–water partition coefficient (Wildman–Crippen LogP) is 5.74. The summed E-state index contributed by atoms with van der Waals surface area (Å²) in [5.41, 5.74) is 4.12. The predicted molar refractivity (Wildman–Crippen MR) is 127 cm³/mol. The number of nitrogens with one attached hydrogen (secondary N) is 1. The van der Waals surface area contributed by atoms with E-state index in [0.717, 1.165) is 22.6 Å². The Kier molecular flexibility index (Phi) is 5.41. The van der Waals surface area contributed by atoms with Gasteiger partial charge in [-0.3, -0.25) is 9.59 Å². The van der Waals surface area contributed by atoms with E-state index in [-0.39, 0.29) is 17.3 Å². The van der Waals surface area contributed by atoms with Crippen LogP contribution in [0.25, 0.3) is 21.8 Å². The number of hydrogen-bond acceptors (Lipinski definition) is 5.